The number of pyridine rings is 1. The maximum Gasteiger partial charge on any atom is 0.319 e. The summed E-state index contributed by atoms with van der Waals surface area (Å²) in [6.45, 7) is 1.20. The molecule has 0 bridgehead atoms. The van der Waals surface area contributed by atoms with Gasteiger partial charge < -0.3 is 20.4 Å². The lowest BCUT2D eigenvalue weighted by Gasteiger charge is -2.11. The standard InChI is InChI=1S/C15H17N3O3/c19-14-11-5-1-2-6-12(11)16-9-13(14)18-15(20)17-8-10-4-3-7-21-10/h1-2,5-6,9-10H,3-4,7-8H2,(H,16,19)(H2,17,18,20). The van der Waals surface area contributed by atoms with Gasteiger partial charge in [0.15, 0.2) is 0 Å². The Morgan fingerprint density at radius 3 is 3.05 bits per heavy atom. The van der Waals surface area contributed by atoms with E-state index in [0.29, 0.717) is 11.9 Å². The van der Waals surface area contributed by atoms with Gasteiger partial charge in [-0.1, -0.05) is 12.1 Å². The van der Waals surface area contributed by atoms with Crippen molar-refractivity contribution in [3.63, 3.8) is 0 Å². The number of hydrogen-bond donors (Lipinski definition) is 3. The van der Waals surface area contributed by atoms with E-state index in [1.807, 2.05) is 12.1 Å². The molecule has 21 heavy (non-hydrogen) atoms. The van der Waals surface area contributed by atoms with Crippen LogP contribution in [0.5, 0.6) is 0 Å². The Morgan fingerprint density at radius 1 is 1.38 bits per heavy atom. The van der Waals surface area contributed by atoms with E-state index >= 15 is 0 Å². The number of benzene rings is 1. The van der Waals surface area contributed by atoms with Crippen LogP contribution in [0.2, 0.25) is 0 Å². The van der Waals surface area contributed by atoms with Crippen LogP contribution in [0.1, 0.15) is 12.8 Å². The normalized spacial score (nSPS) is 17.8. The lowest BCUT2D eigenvalue weighted by Crippen LogP contribution is -2.36. The first-order valence-electron chi connectivity index (χ1n) is 7.01. The van der Waals surface area contributed by atoms with Crippen molar-refractivity contribution >= 4 is 22.6 Å². The van der Waals surface area contributed by atoms with Gasteiger partial charge in [0.05, 0.1) is 6.10 Å². The van der Waals surface area contributed by atoms with Crippen LogP contribution in [-0.2, 0) is 4.74 Å². The summed E-state index contributed by atoms with van der Waals surface area (Å²) in [5.74, 6) is 0. The third kappa shape index (κ3) is 3.05. The van der Waals surface area contributed by atoms with E-state index in [-0.39, 0.29) is 17.2 Å². The Hall–Kier alpha value is -2.34. The van der Waals surface area contributed by atoms with E-state index < -0.39 is 6.03 Å². The van der Waals surface area contributed by atoms with Crippen molar-refractivity contribution in [3.8, 4) is 0 Å². The largest absolute Gasteiger partial charge is 0.376 e. The van der Waals surface area contributed by atoms with Crippen molar-refractivity contribution in [1.29, 1.82) is 0 Å². The minimum Gasteiger partial charge on any atom is -0.376 e. The number of H-pyrrole nitrogens is 1. The van der Waals surface area contributed by atoms with Gasteiger partial charge in [-0.15, -0.1) is 0 Å². The zero-order valence-electron chi connectivity index (χ0n) is 11.5. The second-order valence-electron chi connectivity index (χ2n) is 5.05. The van der Waals surface area contributed by atoms with Gasteiger partial charge >= 0.3 is 6.03 Å². The number of ether oxygens (including phenoxy) is 1. The Bertz CT molecular complexity index is 705. The molecule has 6 heteroatoms. The lowest BCUT2D eigenvalue weighted by atomic mass is 10.2. The van der Waals surface area contributed by atoms with Crippen molar-refractivity contribution < 1.29 is 9.53 Å². The minimum atomic E-state index is -0.397. The average molecular weight is 287 g/mol. The summed E-state index contributed by atoms with van der Waals surface area (Å²) in [6, 6.07) is 6.78. The molecule has 2 heterocycles. The Kier molecular flexibility index (Phi) is 3.87. The molecule has 2 amide bonds. The minimum absolute atomic E-state index is 0.0747. The number of nitrogens with one attached hydrogen (secondary N) is 3. The summed E-state index contributed by atoms with van der Waals surface area (Å²) in [4.78, 5) is 27.1. The Morgan fingerprint density at radius 2 is 2.24 bits per heavy atom. The number of carbonyl (C=O) groups is 1. The molecular formula is C15H17N3O3. The number of aromatic amines is 1. The number of aromatic nitrogens is 1. The fourth-order valence-corrected chi connectivity index (χ4v) is 2.44. The summed E-state index contributed by atoms with van der Waals surface area (Å²) >= 11 is 0. The van der Waals surface area contributed by atoms with E-state index in [2.05, 4.69) is 15.6 Å². The van der Waals surface area contributed by atoms with Crippen LogP contribution in [-0.4, -0.2) is 30.3 Å². The molecule has 1 unspecified atom stereocenters. The van der Waals surface area contributed by atoms with Gasteiger partial charge in [0.1, 0.15) is 5.69 Å². The highest BCUT2D eigenvalue weighted by molar-refractivity contribution is 5.91. The van der Waals surface area contributed by atoms with Gasteiger partial charge in [0, 0.05) is 30.3 Å². The van der Waals surface area contributed by atoms with Crippen LogP contribution < -0.4 is 16.1 Å². The van der Waals surface area contributed by atoms with Crippen LogP contribution in [0.15, 0.2) is 35.3 Å². The summed E-state index contributed by atoms with van der Waals surface area (Å²) in [6.07, 6.45) is 3.57. The quantitative estimate of drug-likeness (QED) is 0.805. The van der Waals surface area contributed by atoms with Crippen LogP contribution in [0.4, 0.5) is 10.5 Å². The van der Waals surface area contributed by atoms with Gasteiger partial charge in [-0.3, -0.25) is 4.79 Å². The van der Waals surface area contributed by atoms with E-state index in [1.54, 1.807) is 12.1 Å². The summed E-state index contributed by atoms with van der Waals surface area (Å²) in [7, 11) is 0. The second kappa shape index (κ2) is 5.97. The number of carbonyl (C=O) groups excluding carboxylic acids is 1. The highest BCUT2D eigenvalue weighted by Crippen LogP contribution is 2.11. The lowest BCUT2D eigenvalue weighted by molar-refractivity contribution is 0.112. The van der Waals surface area contributed by atoms with Gasteiger partial charge in [-0.05, 0) is 25.0 Å². The number of fused-ring (bicyclic) bond motifs is 1. The molecule has 1 aliphatic rings. The molecule has 1 aromatic heterocycles. The number of hydrogen-bond acceptors (Lipinski definition) is 3. The number of amides is 2. The first kappa shape index (κ1) is 13.6. The van der Waals surface area contributed by atoms with Crippen molar-refractivity contribution in [2.45, 2.75) is 18.9 Å². The SMILES string of the molecule is O=C(NCC1CCCO1)Nc1c[nH]c2ccccc2c1=O. The van der Waals surface area contributed by atoms with Gasteiger partial charge in [-0.2, -0.15) is 0 Å². The third-order valence-corrected chi connectivity index (χ3v) is 3.55. The first-order valence-corrected chi connectivity index (χ1v) is 7.01. The molecular weight excluding hydrogens is 270 g/mol. The summed E-state index contributed by atoms with van der Waals surface area (Å²) in [5.41, 5.74) is 0.781. The molecule has 3 rings (SSSR count). The third-order valence-electron chi connectivity index (χ3n) is 3.55. The maximum absolute atomic E-state index is 12.2. The van der Waals surface area contributed by atoms with E-state index in [4.69, 9.17) is 4.74 Å². The highest BCUT2D eigenvalue weighted by Gasteiger charge is 2.16. The number of para-hydroxylation sites is 1. The van der Waals surface area contributed by atoms with Crippen molar-refractivity contribution in [2.24, 2.45) is 0 Å². The predicted molar refractivity (Wildman–Crippen MR) is 80.6 cm³/mol. The average Bonchev–Trinajstić information content (AvgIpc) is 3.02. The zero-order valence-corrected chi connectivity index (χ0v) is 11.5. The van der Waals surface area contributed by atoms with Gasteiger partial charge in [0.25, 0.3) is 0 Å². The highest BCUT2D eigenvalue weighted by atomic mass is 16.5. The van der Waals surface area contributed by atoms with Crippen LogP contribution in [0.3, 0.4) is 0 Å². The number of urea groups is 1. The molecule has 1 aliphatic heterocycles. The molecule has 110 valence electrons. The summed E-state index contributed by atoms with van der Waals surface area (Å²) < 4.78 is 5.42. The Balaban J connectivity index is 1.68. The van der Waals surface area contributed by atoms with E-state index in [1.165, 1.54) is 6.20 Å². The smallest absolute Gasteiger partial charge is 0.319 e. The fraction of sp³-hybridized carbons (Fsp3) is 0.333. The van der Waals surface area contributed by atoms with Crippen molar-refractivity contribution in [2.75, 3.05) is 18.5 Å². The number of rotatable bonds is 3. The van der Waals surface area contributed by atoms with Crippen molar-refractivity contribution in [1.82, 2.24) is 10.3 Å². The first-order chi connectivity index (χ1) is 10.2. The molecule has 1 aromatic carbocycles. The van der Waals surface area contributed by atoms with E-state index in [9.17, 15) is 9.59 Å². The van der Waals surface area contributed by atoms with Crippen LogP contribution in [0.25, 0.3) is 10.9 Å². The molecule has 3 N–H and O–H groups in total. The molecule has 1 fully saturated rings. The zero-order chi connectivity index (χ0) is 14.7. The second-order valence-corrected chi connectivity index (χ2v) is 5.05. The van der Waals surface area contributed by atoms with Crippen molar-refractivity contribution in [3.05, 3.63) is 40.7 Å². The molecule has 0 spiro atoms. The molecule has 0 aliphatic carbocycles. The topological polar surface area (TPSA) is 83.2 Å². The predicted octanol–water partition coefficient (Wildman–Crippen LogP) is 1.83. The van der Waals surface area contributed by atoms with Gasteiger partial charge in [-0.25, -0.2) is 4.79 Å². The molecule has 1 saturated heterocycles. The molecule has 6 nitrogen and oxygen atoms in total. The monoisotopic (exact) mass is 287 g/mol. The van der Waals surface area contributed by atoms with Crippen LogP contribution >= 0.6 is 0 Å². The maximum atomic E-state index is 12.2. The summed E-state index contributed by atoms with van der Waals surface area (Å²) in [5, 5.41) is 5.85. The van der Waals surface area contributed by atoms with Crippen LogP contribution in [0, 0.1) is 0 Å². The molecule has 2 aromatic rings. The van der Waals surface area contributed by atoms with Gasteiger partial charge in [0.2, 0.25) is 5.43 Å². The molecule has 0 saturated carbocycles. The Labute approximate surface area is 121 Å². The van der Waals surface area contributed by atoms with E-state index in [0.717, 1.165) is 25.0 Å². The fourth-order valence-electron chi connectivity index (χ4n) is 2.44. The number of anilines is 1. The molecule has 0 radical (unpaired) electrons. The molecule has 1 atom stereocenters.